The van der Waals surface area contributed by atoms with Gasteiger partial charge in [0.15, 0.2) is 5.78 Å². The number of likely N-dealkylation sites (tertiary alicyclic amines) is 1. The lowest BCUT2D eigenvalue weighted by Gasteiger charge is -2.44. The van der Waals surface area contributed by atoms with Crippen LogP contribution in [0.1, 0.15) is 76.9 Å². The van der Waals surface area contributed by atoms with Gasteiger partial charge in [0.05, 0.1) is 6.67 Å². The Morgan fingerprint density at radius 1 is 1.06 bits per heavy atom. The van der Waals surface area contributed by atoms with Crippen LogP contribution in [0, 0.1) is 19.3 Å². The monoisotopic (exact) mass is 447 g/mol. The number of fused-ring (bicyclic) bond motifs is 1. The molecule has 2 saturated heterocycles. The number of Topliss-reactive ketones (excluding diaryl/α,β-unsaturated/α-hetero) is 1. The van der Waals surface area contributed by atoms with Crippen LogP contribution in [0.5, 0.6) is 0 Å². The fraction of sp³-hybridized carbons (Fsp3) is 0.519. The summed E-state index contributed by atoms with van der Waals surface area (Å²) in [6.45, 7) is 9.43. The minimum Gasteiger partial charge on any atom is -0.339 e. The number of allylic oxidation sites excluding steroid dienone is 3. The first-order chi connectivity index (χ1) is 15.7. The molecule has 2 heterocycles. The summed E-state index contributed by atoms with van der Waals surface area (Å²) in [5.41, 5.74) is 4.26. The van der Waals surface area contributed by atoms with Crippen LogP contribution in [0.2, 0.25) is 0 Å². The summed E-state index contributed by atoms with van der Waals surface area (Å²) in [5.74, 6) is 0.189. The number of carbonyl (C=O) groups is 3. The zero-order valence-electron chi connectivity index (χ0n) is 20.1. The molecule has 1 spiro atoms. The normalized spacial score (nSPS) is 23.1. The van der Waals surface area contributed by atoms with Crippen molar-refractivity contribution in [3.63, 3.8) is 0 Å². The average molecular weight is 448 g/mol. The highest BCUT2D eigenvalue weighted by Crippen LogP contribution is 2.42. The number of piperidine rings is 1. The summed E-state index contributed by atoms with van der Waals surface area (Å²) < 4.78 is 0. The molecule has 2 amide bonds. The van der Waals surface area contributed by atoms with Crippen molar-refractivity contribution in [2.24, 2.45) is 5.41 Å². The van der Waals surface area contributed by atoms with Gasteiger partial charge in [-0.2, -0.15) is 0 Å². The molecule has 33 heavy (non-hydrogen) atoms. The van der Waals surface area contributed by atoms with Crippen molar-refractivity contribution >= 4 is 17.6 Å². The van der Waals surface area contributed by atoms with Crippen LogP contribution in [0.15, 0.2) is 30.0 Å². The summed E-state index contributed by atoms with van der Waals surface area (Å²) in [6, 6.07) is 1.98. The third kappa shape index (κ3) is 3.25. The quantitative estimate of drug-likeness (QED) is 0.751. The molecule has 1 N–H and O–H groups in total. The Labute approximate surface area is 195 Å². The fourth-order valence-corrected chi connectivity index (χ4v) is 6.18. The molecule has 6 heteroatoms. The third-order valence-electron chi connectivity index (χ3n) is 8.00. The molecule has 2 aliphatic heterocycles. The lowest BCUT2D eigenvalue weighted by molar-refractivity contribution is -0.128. The molecule has 4 aliphatic rings. The highest BCUT2D eigenvalue weighted by molar-refractivity contribution is 6.10. The van der Waals surface area contributed by atoms with E-state index in [-0.39, 0.29) is 17.6 Å². The molecular weight excluding hydrogens is 414 g/mol. The highest BCUT2D eigenvalue weighted by atomic mass is 16.2. The summed E-state index contributed by atoms with van der Waals surface area (Å²) in [6.07, 6.45) is 10.3. The van der Waals surface area contributed by atoms with Crippen LogP contribution >= 0.6 is 0 Å². The lowest BCUT2D eigenvalue weighted by atomic mass is 9.84. The average Bonchev–Trinajstić information content (AvgIpc) is 3.22. The third-order valence-corrected chi connectivity index (χ3v) is 8.00. The number of ketones is 1. The first kappa shape index (κ1) is 21.9. The number of hydrogen-bond donors (Lipinski definition) is 1. The molecule has 1 aromatic carbocycles. The molecule has 0 radical (unpaired) electrons. The van der Waals surface area contributed by atoms with Gasteiger partial charge in [0.2, 0.25) is 5.91 Å². The molecule has 2 aliphatic carbocycles. The molecule has 2 fully saturated rings. The number of rotatable bonds is 2. The van der Waals surface area contributed by atoms with Gasteiger partial charge in [-0.1, -0.05) is 32.1 Å². The molecule has 174 valence electrons. The van der Waals surface area contributed by atoms with Crippen LogP contribution < -0.4 is 5.32 Å². The molecule has 1 aromatic rings. The van der Waals surface area contributed by atoms with E-state index in [4.69, 9.17) is 0 Å². The van der Waals surface area contributed by atoms with E-state index in [9.17, 15) is 14.4 Å². The van der Waals surface area contributed by atoms with Gasteiger partial charge < -0.3 is 15.1 Å². The zero-order valence-corrected chi connectivity index (χ0v) is 20.1. The largest absolute Gasteiger partial charge is 0.339 e. The molecule has 0 saturated carbocycles. The van der Waals surface area contributed by atoms with E-state index in [2.05, 4.69) is 28.4 Å². The number of nitrogens with zero attached hydrogens (tertiary/aromatic N) is 2. The zero-order chi connectivity index (χ0) is 23.5. The van der Waals surface area contributed by atoms with Crippen molar-refractivity contribution in [1.29, 1.82) is 0 Å². The van der Waals surface area contributed by atoms with Crippen LogP contribution in [0.25, 0.3) is 0 Å². The number of carbonyl (C=O) groups excluding carboxylic acids is 3. The van der Waals surface area contributed by atoms with E-state index in [1.807, 2.05) is 38.7 Å². The van der Waals surface area contributed by atoms with Gasteiger partial charge in [-0.15, -0.1) is 0 Å². The second kappa shape index (κ2) is 7.57. The number of aryl methyl sites for hydroxylation is 2. The van der Waals surface area contributed by atoms with Crippen LogP contribution in [0.3, 0.4) is 0 Å². The SMILES string of the molecule is Cc1cc(C)c2c(c1C(=O)N1CCC3(CC1)C(=O)NCN3C1=CCCC=C1)CC(C)(C)C2=O. The fourth-order valence-electron chi connectivity index (χ4n) is 6.18. The number of benzene rings is 1. The van der Waals surface area contributed by atoms with Gasteiger partial charge in [-0.3, -0.25) is 14.4 Å². The van der Waals surface area contributed by atoms with E-state index in [1.165, 1.54) is 0 Å². The van der Waals surface area contributed by atoms with Gasteiger partial charge in [-0.05, 0) is 68.7 Å². The first-order valence-electron chi connectivity index (χ1n) is 12.1. The van der Waals surface area contributed by atoms with E-state index < -0.39 is 11.0 Å². The van der Waals surface area contributed by atoms with Gasteiger partial charge in [-0.25, -0.2) is 0 Å². The Morgan fingerprint density at radius 3 is 2.45 bits per heavy atom. The van der Waals surface area contributed by atoms with E-state index in [0.717, 1.165) is 40.8 Å². The van der Waals surface area contributed by atoms with Crippen LogP contribution in [0.4, 0.5) is 0 Å². The second-order valence-corrected chi connectivity index (χ2v) is 10.7. The standard InChI is InChI=1S/C27H33N3O3/c1-17-14-18(2)22(20-15-26(3,4)23(31)21(17)20)24(32)29-12-10-27(11-13-29)25(33)28-16-30(27)19-8-6-5-7-9-19/h6,8-9,14H,5,7,10-13,15-16H2,1-4H3,(H,28,33). The van der Waals surface area contributed by atoms with Gasteiger partial charge in [0.25, 0.3) is 5.91 Å². The summed E-state index contributed by atoms with van der Waals surface area (Å²) in [4.78, 5) is 43.8. The molecule has 0 bridgehead atoms. The Balaban J connectivity index is 1.41. The van der Waals surface area contributed by atoms with Gasteiger partial charge in [0, 0.05) is 35.3 Å². The van der Waals surface area contributed by atoms with E-state index >= 15 is 0 Å². The highest BCUT2D eigenvalue weighted by Gasteiger charge is 2.51. The summed E-state index contributed by atoms with van der Waals surface area (Å²) in [5, 5.41) is 3.04. The molecule has 0 aromatic heterocycles. The molecule has 0 atom stereocenters. The van der Waals surface area contributed by atoms with Gasteiger partial charge >= 0.3 is 0 Å². The maximum atomic E-state index is 13.8. The smallest absolute Gasteiger partial charge is 0.254 e. The predicted molar refractivity (Wildman–Crippen MR) is 127 cm³/mol. The second-order valence-electron chi connectivity index (χ2n) is 10.7. The Kier molecular flexibility index (Phi) is 5.03. The van der Waals surface area contributed by atoms with Crippen molar-refractivity contribution in [2.75, 3.05) is 19.8 Å². The van der Waals surface area contributed by atoms with Crippen molar-refractivity contribution in [3.05, 3.63) is 57.8 Å². The predicted octanol–water partition coefficient (Wildman–Crippen LogP) is 3.67. The maximum Gasteiger partial charge on any atom is 0.254 e. The maximum absolute atomic E-state index is 13.8. The van der Waals surface area contributed by atoms with E-state index in [0.29, 0.717) is 44.6 Å². The molecule has 5 rings (SSSR count). The molecule has 6 nitrogen and oxygen atoms in total. The minimum atomic E-state index is -0.591. The summed E-state index contributed by atoms with van der Waals surface area (Å²) >= 11 is 0. The number of hydrogen-bond acceptors (Lipinski definition) is 4. The number of nitrogens with one attached hydrogen (secondary N) is 1. The Bertz CT molecular complexity index is 1120. The van der Waals surface area contributed by atoms with Crippen molar-refractivity contribution in [1.82, 2.24) is 15.1 Å². The van der Waals surface area contributed by atoms with E-state index in [1.54, 1.807) is 0 Å². The number of amides is 2. The topological polar surface area (TPSA) is 69.7 Å². The van der Waals surface area contributed by atoms with Crippen molar-refractivity contribution < 1.29 is 14.4 Å². The Hall–Kier alpha value is -2.89. The van der Waals surface area contributed by atoms with Crippen LogP contribution in [-0.4, -0.2) is 52.7 Å². The summed E-state index contributed by atoms with van der Waals surface area (Å²) in [7, 11) is 0. The van der Waals surface area contributed by atoms with Crippen LogP contribution in [-0.2, 0) is 11.2 Å². The van der Waals surface area contributed by atoms with Gasteiger partial charge in [0.1, 0.15) is 5.54 Å². The first-order valence-corrected chi connectivity index (χ1v) is 12.1. The van der Waals surface area contributed by atoms with Crippen molar-refractivity contribution in [3.8, 4) is 0 Å². The van der Waals surface area contributed by atoms with Crippen molar-refractivity contribution in [2.45, 2.75) is 65.3 Å². The molecule has 0 unspecified atom stereocenters. The Morgan fingerprint density at radius 2 is 1.79 bits per heavy atom. The minimum absolute atomic E-state index is 0.00849. The molecular formula is C27H33N3O3. The lowest BCUT2D eigenvalue weighted by Crippen LogP contribution is -2.56.